The van der Waals surface area contributed by atoms with E-state index in [9.17, 15) is 4.79 Å². The number of carbonyl (C=O) groups excluding carboxylic acids is 1. The van der Waals surface area contributed by atoms with Gasteiger partial charge in [0.2, 0.25) is 0 Å². The molecule has 0 spiro atoms. The fourth-order valence-electron chi connectivity index (χ4n) is 1.73. The second kappa shape index (κ2) is 7.30. The third-order valence-corrected chi connectivity index (χ3v) is 2.66. The first-order valence-electron chi connectivity index (χ1n) is 6.78. The van der Waals surface area contributed by atoms with Gasteiger partial charge in [-0.05, 0) is 26.8 Å². The Bertz CT molecular complexity index is 625. The van der Waals surface area contributed by atoms with Crippen LogP contribution < -0.4 is 14.8 Å². The van der Waals surface area contributed by atoms with Crippen LogP contribution >= 0.6 is 0 Å². The molecule has 116 valence electrons. The maximum Gasteiger partial charge on any atom is 0.316 e. The van der Waals surface area contributed by atoms with Gasteiger partial charge < -0.3 is 14.8 Å². The molecule has 22 heavy (non-hydrogen) atoms. The summed E-state index contributed by atoms with van der Waals surface area (Å²) in [7, 11) is 0. The van der Waals surface area contributed by atoms with Gasteiger partial charge in [-0.25, -0.2) is 9.97 Å². The first-order valence-corrected chi connectivity index (χ1v) is 6.78. The van der Waals surface area contributed by atoms with E-state index in [0.29, 0.717) is 29.7 Å². The standard InChI is InChI=1S/C14H17N5O3/c1-4-21-14-17-9(2)12(10(3)18-14)19-11(20)8-22-13-15-6-5-7-16-13/h5-7H,4,8H2,1-3H3,(H,19,20). The van der Waals surface area contributed by atoms with Gasteiger partial charge in [0.1, 0.15) is 0 Å². The topological polar surface area (TPSA) is 99.1 Å². The Morgan fingerprint density at radius 2 is 1.73 bits per heavy atom. The molecule has 0 saturated heterocycles. The highest BCUT2D eigenvalue weighted by atomic mass is 16.5. The Balaban J connectivity index is 1.99. The first-order chi connectivity index (χ1) is 10.6. The van der Waals surface area contributed by atoms with Crippen LogP contribution in [0.25, 0.3) is 0 Å². The van der Waals surface area contributed by atoms with Crippen molar-refractivity contribution in [2.75, 3.05) is 18.5 Å². The Kier molecular flexibility index (Phi) is 5.18. The number of nitrogens with one attached hydrogen (secondary N) is 1. The van der Waals surface area contributed by atoms with Crippen LogP contribution in [0.2, 0.25) is 0 Å². The second-order valence-corrected chi connectivity index (χ2v) is 4.35. The molecule has 0 aromatic carbocycles. The number of anilines is 1. The number of aryl methyl sites for hydroxylation is 2. The zero-order valence-electron chi connectivity index (χ0n) is 12.7. The van der Waals surface area contributed by atoms with Crippen LogP contribution in [-0.2, 0) is 4.79 Å². The lowest BCUT2D eigenvalue weighted by Crippen LogP contribution is -2.22. The second-order valence-electron chi connectivity index (χ2n) is 4.35. The molecule has 1 N–H and O–H groups in total. The molecule has 0 bridgehead atoms. The lowest BCUT2D eigenvalue weighted by atomic mass is 10.3. The molecular formula is C14H17N5O3. The van der Waals surface area contributed by atoms with E-state index < -0.39 is 0 Å². The zero-order chi connectivity index (χ0) is 15.9. The first kappa shape index (κ1) is 15.6. The van der Waals surface area contributed by atoms with Crippen molar-refractivity contribution < 1.29 is 14.3 Å². The van der Waals surface area contributed by atoms with E-state index in [-0.39, 0.29) is 18.5 Å². The normalized spacial score (nSPS) is 10.1. The number of hydrogen-bond donors (Lipinski definition) is 1. The minimum atomic E-state index is -0.341. The van der Waals surface area contributed by atoms with E-state index in [1.807, 2.05) is 6.92 Å². The highest BCUT2D eigenvalue weighted by Crippen LogP contribution is 2.19. The summed E-state index contributed by atoms with van der Waals surface area (Å²) in [5.74, 6) is -0.341. The molecular weight excluding hydrogens is 286 g/mol. The van der Waals surface area contributed by atoms with E-state index in [2.05, 4.69) is 25.3 Å². The molecule has 0 aliphatic heterocycles. The van der Waals surface area contributed by atoms with Gasteiger partial charge in [-0.3, -0.25) is 4.79 Å². The molecule has 0 fully saturated rings. The number of nitrogens with zero attached hydrogens (tertiary/aromatic N) is 4. The number of ether oxygens (including phenoxy) is 2. The SMILES string of the molecule is CCOc1nc(C)c(NC(=O)COc2ncccn2)c(C)n1. The fourth-order valence-corrected chi connectivity index (χ4v) is 1.73. The third-order valence-electron chi connectivity index (χ3n) is 2.66. The van der Waals surface area contributed by atoms with Crippen molar-refractivity contribution in [3.63, 3.8) is 0 Å². The van der Waals surface area contributed by atoms with Gasteiger partial charge >= 0.3 is 12.0 Å². The molecule has 2 aromatic heterocycles. The molecule has 2 rings (SSSR count). The summed E-state index contributed by atoms with van der Waals surface area (Å²) in [6, 6.07) is 2.11. The van der Waals surface area contributed by atoms with Crippen LogP contribution in [0.1, 0.15) is 18.3 Å². The van der Waals surface area contributed by atoms with Gasteiger partial charge in [0, 0.05) is 12.4 Å². The summed E-state index contributed by atoms with van der Waals surface area (Å²) in [5, 5.41) is 2.72. The average molecular weight is 303 g/mol. The summed E-state index contributed by atoms with van der Waals surface area (Å²) in [4.78, 5) is 28.0. The van der Waals surface area contributed by atoms with Crippen molar-refractivity contribution in [2.45, 2.75) is 20.8 Å². The Hall–Kier alpha value is -2.77. The molecule has 1 amide bonds. The predicted molar refractivity (Wildman–Crippen MR) is 78.8 cm³/mol. The van der Waals surface area contributed by atoms with Crippen molar-refractivity contribution in [3.8, 4) is 12.0 Å². The predicted octanol–water partition coefficient (Wildman–Crippen LogP) is 1.30. The van der Waals surface area contributed by atoms with E-state index in [1.54, 1.807) is 19.9 Å². The fraction of sp³-hybridized carbons (Fsp3) is 0.357. The smallest absolute Gasteiger partial charge is 0.316 e. The van der Waals surface area contributed by atoms with Gasteiger partial charge in [-0.2, -0.15) is 9.97 Å². The molecule has 0 aliphatic carbocycles. The van der Waals surface area contributed by atoms with Gasteiger partial charge in [0.15, 0.2) is 6.61 Å². The summed E-state index contributed by atoms with van der Waals surface area (Å²) in [6.45, 7) is 5.68. The monoisotopic (exact) mass is 303 g/mol. The summed E-state index contributed by atoms with van der Waals surface area (Å²) < 4.78 is 10.4. The molecule has 0 radical (unpaired) electrons. The minimum Gasteiger partial charge on any atom is -0.464 e. The van der Waals surface area contributed by atoms with Gasteiger partial charge in [0.25, 0.3) is 5.91 Å². The van der Waals surface area contributed by atoms with Crippen LogP contribution in [-0.4, -0.2) is 39.1 Å². The molecule has 0 atom stereocenters. The van der Waals surface area contributed by atoms with Crippen molar-refractivity contribution in [3.05, 3.63) is 29.8 Å². The number of aromatic nitrogens is 4. The maximum atomic E-state index is 11.9. The van der Waals surface area contributed by atoms with Crippen LogP contribution in [0.4, 0.5) is 5.69 Å². The third kappa shape index (κ3) is 4.11. The lowest BCUT2D eigenvalue weighted by molar-refractivity contribution is -0.118. The molecule has 0 unspecified atom stereocenters. The van der Waals surface area contributed by atoms with Crippen molar-refractivity contribution in [2.24, 2.45) is 0 Å². The van der Waals surface area contributed by atoms with E-state index in [1.165, 1.54) is 12.4 Å². The molecule has 0 aliphatic rings. The largest absolute Gasteiger partial charge is 0.464 e. The van der Waals surface area contributed by atoms with E-state index in [0.717, 1.165) is 0 Å². The number of hydrogen-bond acceptors (Lipinski definition) is 7. The van der Waals surface area contributed by atoms with E-state index in [4.69, 9.17) is 9.47 Å². The van der Waals surface area contributed by atoms with Crippen LogP contribution in [0.5, 0.6) is 12.0 Å². The Morgan fingerprint density at radius 1 is 1.09 bits per heavy atom. The Morgan fingerprint density at radius 3 is 2.32 bits per heavy atom. The number of rotatable bonds is 6. The zero-order valence-corrected chi connectivity index (χ0v) is 12.7. The van der Waals surface area contributed by atoms with Crippen molar-refractivity contribution in [1.29, 1.82) is 0 Å². The highest BCUT2D eigenvalue weighted by Gasteiger charge is 2.13. The maximum absolute atomic E-state index is 11.9. The van der Waals surface area contributed by atoms with Crippen molar-refractivity contribution in [1.82, 2.24) is 19.9 Å². The molecule has 8 heteroatoms. The Labute approximate surface area is 127 Å². The molecule has 8 nitrogen and oxygen atoms in total. The van der Waals surface area contributed by atoms with Crippen LogP contribution in [0.3, 0.4) is 0 Å². The van der Waals surface area contributed by atoms with Gasteiger partial charge in [-0.15, -0.1) is 0 Å². The molecule has 0 saturated carbocycles. The van der Waals surface area contributed by atoms with Crippen molar-refractivity contribution >= 4 is 11.6 Å². The average Bonchev–Trinajstić information content (AvgIpc) is 2.50. The van der Waals surface area contributed by atoms with Crippen LogP contribution in [0, 0.1) is 13.8 Å². The summed E-state index contributed by atoms with van der Waals surface area (Å²) >= 11 is 0. The summed E-state index contributed by atoms with van der Waals surface area (Å²) in [5.41, 5.74) is 1.80. The number of carbonyl (C=O) groups is 1. The van der Waals surface area contributed by atoms with Gasteiger partial charge in [0.05, 0.1) is 23.7 Å². The minimum absolute atomic E-state index is 0.147. The molecule has 2 aromatic rings. The van der Waals surface area contributed by atoms with E-state index >= 15 is 0 Å². The highest BCUT2D eigenvalue weighted by molar-refractivity contribution is 5.92. The lowest BCUT2D eigenvalue weighted by Gasteiger charge is -2.12. The van der Waals surface area contributed by atoms with Crippen LogP contribution in [0.15, 0.2) is 18.5 Å². The van der Waals surface area contributed by atoms with Gasteiger partial charge in [-0.1, -0.05) is 0 Å². The molecule has 2 heterocycles. The number of amides is 1. The quantitative estimate of drug-likeness (QED) is 0.858. The summed E-state index contributed by atoms with van der Waals surface area (Å²) in [6.07, 6.45) is 3.07.